The summed E-state index contributed by atoms with van der Waals surface area (Å²) in [5.74, 6) is 5.91. The van der Waals surface area contributed by atoms with Crippen LogP contribution in [0.5, 0.6) is 5.75 Å². The van der Waals surface area contributed by atoms with E-state index in [4.69, 9.17) is 9.47 Å². The number of imidazole rings is 1. The normalized spacial score (nSPS) is 15.6. The largest absolute Gasteiger partial charge is 0.495 e. The summed E-state index contributed by atoms with van der Waals surface area (Å²) in [5, 5.41) is 16.5. The Bertz CT molecular complexity index is 1570. The quantitative estimate of drug-likeness (QED) is 0.277. The molecule has 0 spiro atoms. The Balaban J connectivity index is 1.51. The number of hydrogen-bond donors (Lipinski definition) is 3. The number of likely N-dealkylation sites (tertiary alicyclic amines) is 1. The smallest absolute Gasteiger partial charge is 0.394 e. The van der Waals surface area contributed by atoms with Gasteiger partial charge in [0.15, 0.2) is 15.5 Å². The van der Waals surface area contributed by atoms with Gasteiger partial charge in [0.05, 0.1) is 54.8 Å². The van der Waals surface area contributed by atoms with Gasteiger partial charge in [-0.1, -0.05) is 5.92 Å². The molecular formula is C29H36F3N5O5S. The molecule has 1 aliphatic heterocycles. The van der Waals surface area contributed by atoms with Crippen molar-refractivity contribution in [3.8, 4) is 17.6 Å². The number of hydrogen-bond acceptors (Lipinski definition) is 9. The molecule has 4 rings (SSSR count). The maximum Gasteiger partial charge on any atom is 0.394 e. The molecule has 0 bridgehead atoms. The van der Waals surface area contributed by atoms with Crippen molar-refractivity contribution < 1.29 is 36.2 Å². The molecule has 0 saturated carbocycles. The highest BCUT2D eigenvalue weighted by molar-refractivity contribution is 7.90. The Morgan fingerprint density at radius 2 is 1.93 bits per heavy atom. The average Bonchev–Trinajstić information content (AvgIpc) is 3.28. The summed E-state index contributed by atoms with van der Waals surface area (Å²) >= 11 is 0. The second-order valence-electron chi connectivity index (χ2n) is 10.4. The zero-order valence-electron chi connectivity index (χ0n) is 24.2. The Morgan fingerprint density at radius 1 is 1.19 bits per heavy atom. The van der Waals surface area contributed by atoms with Gasteiger partial charge in [0.25, 0.3) is 0 Å². The number of halogens is 3. The molecule has 1 fully saturated rings. The third kappa shape index (κ3) is 8.76. The fraction of sp³-hybridized carbons (Fsp3) is 0.483. The van der Waals surface area contributed by atoms with Gasteiger partial charge in [-0.25, -0.2) is 13.4 Å². The number of alkyl halides is 3. The first-order valence-electron chi connectivity index (χ1n) is 13.7. The van der Waals surface area contributed by atoms with Crippen molar-refractivity contribution >= 4 is 26.9 Å². The molecule has 2 aromatic heterocycles. The highest BCUT2D eigenvalue weighted by Gasteiger charge is 2.32. The standard InChI is InChI=1S/C29H36F3N5O5S/c1-41-19-21(38)18-36-14-10-20(11-15-36)34-25-7-5-13-37-26(17-29(30,31)32)23(35-28(25)37)6-4-12-33-24-9-8-22(43(3,39)40)16-27(24)42-2/h5,7-9,13,16,20-21,33-34,38H,10-12,14-15,17-19H2,1-3H3/t21-/m1/s1. The lowest BCUT2D eigenvalue weighted by molar-refractivity contribution is -0.128. The number of aliphatic hydroxyl groups excluding tert-OH is 1. The van der Waals surface area contributed by atoms with E-state index in [0.717, 1.165) is 32.2 Å². The summed E-state index contributed by atoms with van der Waals surface area (Å²) in [6, 6.07) is 7.92. The van der Waals surface area contributed by atoms with Gasteiger partial charge < -0.3 is 34.5 Å². The van der Waals surface area contributed by atoms with Gasteiger partial charge in [-0.15, -0.1) is 0 Å². The van der Waals surface area contributed by atoms with Crippen molar-refractivity contribution in [2.45, 2.75) is 42.5 Å². The second-order valence-corrected chi connectivity index (χ2v) is 12.4. The van der Waals surface area contributed by atoms with Gasteiger partial charge in [0.1, 0.15) is 11.4 Å². The number of methoxy groups -OCH3 is 2. The number of pyridine rings is 1. The lowest BCUT2D eigenvalue weighted by Crippen LogP contribution is -2.43. The van der Waals surface area contributed by atoms with E-state index in [1.807, 2.05) is 0 Å². The number of nitrogens with one attached hydrogen (secondary N) is 2. The van der Waals surface area contributed by atoms with Gasteiger partial charge in [0, 0.05) is 51.3 Å². The minimum atomic E-state index is -4.47. The number of sulfone groups is 1. The molecule has 0 radical (unpaired) electrons. The first kappa shape index (κ1) is 32.4. The Labute approximate surface area is 249 Å². The average molecular weight is 624 g/mol. The number of fused-ring (bicyclic) bond motifs is 1. The van der Waals surface area contributed by atoms with E-state index in [2.05, 4.69) is 32.4 Å². The molecule has 0 aliphatic carbocycles. The third-order valence-corrected chi connectivity index (χ3v) is 8.18. The molecule has 1 aliphatic rings. The number of benzene rings is 1. The first-order chi connectivity index (χ1) is 20.4. The Hall–Kier alpha value is -3.51. The minimum Gasteiger partial charge on any atom is -0.495 e. The fourth-order valence-electron chi connectivity index (χ4n) is 5.03. The Morgan fingerprint density at radius 3 is 2.58 bits per heavy atom. The fourth-order valence-corrected chi connectivity index (χ4v) is 5.66. The predicted molar refractivity (Wildman–Crippen MR) is 157 cm³/mol. The van der Waals surface area contributed by atoms with Crippen molar-refractivity contribution in [3.63, 3.8) is 0 Å². The van der Waals surface area contributed by atoms with Crippen LogP contribution in [0.15, 0.2) is 41.4 Å². The first-order valence-corrected chi connectivity index (χ1v) is 15.6. The molecule has 3 aromatic rings. The summed E-state index contributed by atoms with van der Waals surface area (Å²) in [6.07, 6.45) is -1.99. The number of anilines is 2. The monoisotopic (exact) mass is 623 g/mol. The van der Waals surface area contributed by atoms with E-state index in [-0.39, 0.29) is 35.5 Å². The molecule has 3 N–H and O–H groups in total. The molecular weight excluding hydrogens is 587 g/mol. The molecule has 1 atom stereocenters. The van der Waals surface area contributed by atoms with Crippen molar-refractivity contribution in [1.82, 2.24) is 14.3 Å². The lowest BCUT2D eigenvalue weighted by atomic mass is 10.0. The summed E-state index contributed by atoms with van der Waals surface area (Å²) in [7, 11) is -0.477. The van der Waals surface area contributed by atoms with Crippen LogP contribution in [-0.4, -0.2) is 99.4 Å². The summed E-state index contributed by atoms with van der Waals surface area (Å²) in [6.45, 7) is 2.37. The van der Waals surface area contributed by atoms with E-state index in [0.29, 0.717) is 29.3 Å². The van der Waals surface area contributed by atoms with Crippen molar-refractivity contribution in [2.24, 2.45) is 0 Å². The highest BCUT2D eigenvalue weighted by atomic mass is 32.2. The number of aliphatic hydroxyl groups is 1. The number of β-amino-alcohol motifs (C(OH)–C–C–N with tert-alkyl or cyclic N) is 1. The number of rotatable bonds is 11. The van der Waals surface area contributed by atoms with Gasteiger partial charge in [0.2, 0.25) is 0 Å². The third-order valence-electron chi connectivity index (χ3n) is 7.07. The number of piperidine rings is 1. The topological polar surface area (TPSA) is 117 Å². The second kappa shape index (κ2) is 13.9. The van der Waals surface area contributed by atoms with Crippen LogP contribution < -0.4 is 15.4 Å². The Kier molecular flexibility index (Phi) is 10.4. The van der Waals surface area contributed by atoms with Gasteiger partial charge >= 0.3 is 6.18 Å². The molecule has 234 valence electrons. The van der Waals surface area contributed by atoms with Crippen LogP contribution >= 0.6 is 0 Å². The summed E-state index contributed by atoms with van der Waals surface area (Å²) in [5.41, 5.74) is 1.42. The van der Waals surface area contributed by atoms with Crippen molar-refractivity contribution in [2.75, 3.05) is 63.9 Å². The molecule has 14 heteroatoms. The molecule has 1 aromatic carbocycles. The minimum absolute atomic E-state index is 0.0229. The van der Waals surface area contributed by atoms with Crippen molar-refractivity contribution in [1.29, 1.82) is 0 Å². The van der Waals surface area contributed by atoms with E-state index < -0.39 is 28.5 Å². The lowest BCUT2D eigenvalue weighted by Gasteiger charge is -2.33. The number of nitrogens with zero attached hydrogens (tertiary/aromatic N) is 3. The predicted octanol–water partition coefficient (Wildman–Crippen LogP) is 3.20. The van der Waals surface area contributed by atoms with Crippen LogP contribution in [-0.2, 0) is 21.0 Å². The zero-order chi connectivity index (χ0) is 31.2. The molecule has 3 heterocycles. The van der Waals surface area contributed by atoms with Crippen LogP contribution in [0.25, 0.3) is 5.65 Å². The van der Waals surface area contributed by atoms with Gasteiger partial charge in [-0.05, 0) is 43.0 Å². The highest BCUT2D eigenvalue weighted by Crippen LogP contribution is 2.29. The van der Waals surface area contributed by atoms with E-state index in [9.17, 15) is 26.7 Å². The van der Waals surface area contributed by atoms with Gasteiger partial charge in [-0.2, -0.15) is 13.2 Å². The van der Waals surface area contributed by atoms with Crippen LogP contribution in [0.3, 0.4) is 0 Å². The molecule has 1 saturated heterocycles. The molecule has 0 amide bonds. The zero-order valence-corrected chi connectivity index (χ0v) is 25.1. The van der Waals surface area contributed by atoms with Crippen LogP contribution in [0.1, 0.15) is 24.2 Å². The van der Waals surface area contributed by atoms with E-state index in [1.165, 1.54) is 23.6 Å². The SMILES string of the molecule is COC[C@H](O)CN1CCC(Nc2cccn3c(CC(F)(F)F)c(C#CCNc4ccc(S(C)(=O)=O)cc4OC)nc23)CC1. The maximum absolute atomic E-state index is 13.6. The number of aromatic nitrogens is 2. The van der Waals surface area contributed by atoms with Crippen LogP contribution in [0, 0.1) is 11.8 Å². The molecule has 0 unspecified atom stereocenters. The summed E-state index contributed by atoms with van der Waals surface area (Å²) in [4.78, 5) is 6.76. The van der Waals surface area contributed by atoms with Crippen LogP contribution in [0.2, 0.25) is 0 Å². The maximum atomic E-state index is 13.6. The van der Waals surface area contributed by atoms with Crippen molar-refractivity contribution in [3.05, 3.63) is 47.9 Å². The van der Waals surface area contributed by atoms with Gasteiger partial charge in [-0.3, -0.25) is 0 Å². The van der Waals surface area contributed by atoms with E-state index in [1.54, 1.807) is 31.5 Å². The molecule has 43 heavy (non-hydrogen) atoms. The van der Waals surface area contributed by atoms with E-state index >= 15 is 0 Å². The molecule has 10 nitrogen and oxygen atoms in total. The van der Waals surface area contributed by atoms with Crippen LogP contribution in [0.4, 0.5) is 24.5 Å². The number of ether oxygens (including phenoxy) is 2. The summed E-state index contributed by atoms with van der Waals surface area (Å²) < 4.78 is 76.1.